The predicted molar refractivity (Wildman–Crippen MR) is 74.3 cm³/mol. The average molecular weight is 273 g/mol. The van der Waals surface area contributed by atoms with Gasteiger partial charge in [-0.25, -0.2) is 4.39 Å². The first-order valence-electron chi connectivity index (χ1n) is 6.36. The fourth-order valence-corrected chi connectivity index (χ4v) is 1.79. The van der Waals surface area contributed by atoms with Crippen LogP contribution in [0.2, 0.25) is 0 Å². The van der Waals surface area contributed by atoms with E-state index in [9.17, 15) is 9.18 Å². The van der Waals surface area contributed by atoms with Crippen molar-refractivity contribution >= 4 is 5.97 Å². The van der Waals surface area contributed by atoms with Crippen LogP contribution >= 0.6 is 0 Å². The molecule has 0 heterocycles. The highest BCUT2D eigenvalue weighted by molar-refractivity contribution is 5.75. The van der Waals surface area contributed by atoms with Crippen molar-refractivity contribution in [3.63, 3.8) is 0 Å². The van der Waals surface area contributed by atoms with Crippen LogP contribution in [0.25, 0.3) is 0 Å². The van der Waals surface area contributed by atoms with E-state index in [4.69, 9.17) is 10.5 Å². The molecule has 0 aliphatic rings. The molecular formula is C16H16FNO2. The van der Waals surface area contributed by atoms with Gasteiger partial charge in [0.05, 0.1) is 0 Å². The number of hydrogen-bond donors (Lipinski definition) is 1. The number of carbonyl (C=O) groups is 1. The zero-order chi connectivity index (χ0) is 14.4. The molecule has 2 aromatic carbocycles. The lowest BCUT2D eigenvalue weighted by molar-refractivity contribution is -0.146. The van der Waals surface area contributed by atoms with Crippen molar-refractivity contribution < 1.29 is 13.9 Å². The molecule has 0 radical (unpaired) electrons. The first-order valence-corrected chi connectivity index (χ1v) is 6.36. The van der Waals surface area contributed by atoms with Crippen LogP contribution in [0.5, 0.6) is 0 Å². The Morgan fingerprint density at radius 1 is 1.05 bits per heavy atom. The summed E-state index contributed by atoms with van der Waals surface area (Å²) in [5.74, 6) is -0.771. The number of benzene rings is 2. The van der Waals surface area contributed by atoms with Crippen LogP contribution in [0.1, 0.15) is 11.1 Å². The fraction of sp³-hybridized carbons (Fsp3) is 0.188. The van der Waals surface area contributed by atoms with Crippen LogP contribution in [-0.4, -0.2) is 12.0 Å². The standard InChI is InChI=1S/C16H16FNO2/c17-14-8-6-12(7-9-14)10-15(18)16(19)20-11-13-4-2-1-3-5-13/h1-9,15H,10-11,18H2/t15-/m1/s1. The summed E-state index contributed by atoms with van der Waals surface area (Å²) in [5, 5.41) is 0. The molecule has 0 saturated heterocycles. The topological polar surface area (TPSA) is 52.3 Å². The van der Waals surface area contributed by atoms with Crippen LogP contribution in [0.15, 0.2) is 54.6 Å². The number of nitrogens with two attached hydrogens (primary N) is 1. The summed E-state index contributed by atoms with van der Waals surface area (Å²) in [4.78, 5) is 11.8. The molecule has 0 bridgehead atoms. The van der Waals surface area contributed by atoms with Crippen molar-refractivity contribution in [2.45, 2.75) is 19.1 Å². The lowest BCUT2D eigenvalue weighted by Crippen LogP contribution is -2.34. The lowest BCUT2D eigenvalue weighted by Gasteiger charge is -2.11. The summed E-state index contributed by atoms with van der Waals surface area (Å²) in [6.07, 6.45) is 0.327. The highest BCUT2D eigenvalue weighted by atomic mass is 19.1. The Labute approximate surface area is 117 Å². The smallest absolute Gasteiger partial charge is 0.323 e. The number of esters is 1. The Balaban J connectivity index is 1.84. The molecule has 2 aromatic rings. The van der Waals surface area contributed by atoms with E-state index < -0.39 is 12.0 Å². The highest BCUT2D eigenvalue weighted by Crippen LogP contribution is 2.07. The Kier molecular flexibility index (Phi) is 4.85. The van der Waals surface area contributed by atoms with Crippen molar-refractivity contribution in [2.75, 3.05) is 0 Å². The van der Waals surface area contributed by atoms with E-state index in [0.29, 0.717) is 6.42 Å². The summed E-state index contributed by atoms with van der Waals surface area (Å²) in [6.45, 7) is 0.205. The Morgan fingerprint density at radius 2 is 1.70 bits per heavy atom. The number of rotatable bonds is 5. The second kappa shape index (κ2) is 6.82. The minimum absolute atomic E-state index is 0.205. The Bertz CT molecular complexity index is 554. The van der Waals surface area contributed by atoms with Gasteiger partial charge in [-0.15, -0.1) is 0 Å². The molecule has 0 fully saturated rings. The first kappa shape index (κ1) is 14.2. The van der Waals surface area contributed by atoms with E-state index >= 15 is 0 Å². The third-order valence-corrected chi connectivity index (χ3v) is 2.90. The van der Waals surface area contributed by atoms with Gasteiger partial charge in [0.2, 0.25) is 0 Å². The van der Waals surface area contributed by atoms with Crippen molar-refractivity contribution in [3.05, 3.63) is 71.5 Å². The summed E-state index contributed by atoms with van der Waals surface area (Å²) in [7, 11) is 0. The van der Waals surface area contributed by atoms with Gasteiger partial charge < -0.3 is 10.5 Å². The number of hydrogen-bond acceptors (Lipinski definition) is 3. The van der Waals surface area contributed by atoms with E-state index in [1.807, 2.05) is 30.3 Å². The molecule has 4 heteroatoms. The van der Waals surface area contributed by atoms with Crippen LogP contribution in [0, 0.1) is 5.82 Å². The summed E-state index contributed by atoms with van der Waals surface area (Å²) >= 11 is 0. The molecule has 0 spiro atoms. The second-order valence-electron chi connectivity index (χ2n) is 4.53. The number of halogens is 1. The SMILES string of the molecule is N[C@H](Cc1ccc(F)cc1)C(=O)OCc1ccccc1. The predicted octanol–water partition coefficient (Wildman–Crippen LogP) is 2.44. The molecule has 20 heavy (non-hydrogen) atoms. The van der Waals surface area contributed by atoms with Gasteiger partial charge in [-0.1, -0.05) is 42.5 Å². The monoisotopic (exact) mass is 273 g/mol. The maximum Gasteiger partial charge on any atom is 0.323 e. The van der Waals surface area contributed by atoms with Gasteiger partial charge in [0.25, 0.3) is 0 Å². The molecule has 0 amide bonds. The maximum atomic E-state index is 12.8. The van der Waals surface area contributed by atoms with Gasteiger partial charge >= 0.3 is 5.97 Å². The lowest BCUT2D eigenvalue weighted by atomic mass is 10.1. The van der Waals surface area contributed by atoms with Gasteiger partial charge in [-0.05, 0) is 29.7 Å². The molecule has 0 aromatic heterocycles. The fourth-order valence-electron chi connectivity index (χ4n) is 1.79. The molecule has 2 rings (SSSR count). The van der Waals surface area contributed by atoms with Crippen LogP contribution in [0.3, 0.4) is 0 Å². The second-order valence-corrected chi connectivity index (χ2v) is 4.53. The van der Waals surface area contributed by atoms with E-state index in [2.05, 4.69) is 0 Å². The molecule has 1 atom stereocenters. The zero-order valence-electron chi connectivity index (χ0n) is 11.0. The van der Waals surface area contributed by atoms with Gasteiger partial charge in [0, 0.05) is 0 Å². The Morgan fingerprint density at radius 3 is 2.35 bits per heavy atom. The molecule has 104 valence electrons. The molecular weight excluding hydrogens is 257 g/mol. The van der Waals surface area contributed by atoms with Gasteiger partial charge in [-0.3, -0.25) is 4.79 Å². The molecule has 2 N–H and O–H groups in total. The largest absolute Gasteiger partial charge is 0.460 e. The zero-order valence-corrected chi connectivity index (χ0v) is 11.0. The third-order valence-electron chi connectivity index (χ3n) is 2.90. The average Bonchev–Trinajstić information content (AvgIpc) is 2.48. The highest BCUT2D eigenvalue weighted by Gasteiger charge is 2.15. The van der Waals surface area contributed by atoms with Crippen molar-refractivity contribution in [2.24, 2.45) is 5.73 Å². The van der Waals surface area contributed by atoms with Crippen molar-refractivity contribution in [1.82, 2.24) is 0 Å². The Hall–Kier alpha value is -2.20. The van der Waals surface area contributed by atoms with Gasteiger partial charge in [0.15, 0.2) is 0 Å². The first-order chi connectivity index (χ1) is 9.65. The molecule has 0 unspecified atom stereocenters. The molecule has 0 saturated carbocycles. The quantitative estimate of drug-likeness (QED) is 0.851. The molecule has 3 nitrogen and oxygen atoms in total. The normalized spacial score (nSPS) is 11.9. The molecule has 0 aliphatic carbocycles. The minimum atomic E-state index is -0.746. The van der Waals surface area contributed by atoms with Gasteiger partial charge in [-0.2, -0.15) is 0 Å². The number of ether oxygens (including phenoxy) is 1. The van der Waals surface area contributed by atoms with E-state index in [-0.39, 0.29) is 12.4 Å². The van der Waals surface area contributed by atoms with E-state index in [1.165, 1.54) is 12.1 Å². The van der Waals surface area contributed by atoms with Crippen LogP contribution in [0.4, 0.5) is 4.39 Å². The van der Waals surface area contributed by atoms with Crippen LogP contribution in [-0.2, 0) is 22.6 Å². The summed E-state index contributed by atoms with van der Waals surface area (Å²) < 4.78 is 17.9. The van der Waals surface area contributed by atoms with Crippen LogP contribution < -0.4 is 5.73 Å². The summed E-state index contributed by atoms with van der Waals surface area (Å²) in [6, 6.07) is 14.6. The van der Waals surface area contributed by atoms with Gasteiger partial charge in [0.1, 0.15) is 18.5 Å². The van der Waals surface area contributed by atoms with E-state index in [1.54, 1.807) is 12.1 Å². The minimum Gasteiger partial charge on any atom is -0.460 e. The summed E-state index contributed by atoms with van der Waals surface area (Å²) in [5.41, 5.74) is 7.50. The van der Waals surface area contributed by atoms with Crippen molar-refractivity contribution in [3.8, 4) is 0 Å². The third kappa shape index (κ3) is 4.17. The van der Waals surface area contributed by atoms with Crippen molar-refractivity contribution in [1.29, 1.82) is 0 Å². The maximum absolute atomic E-state index is 12.8. The number of carbonyl (C=O) groups excluding carboxylic acids is 1. The molecule has 0 aliphatic heterocycles. The van der Waals surface area contributed by atoms with E-state index in [0.717, 1.165) is 11.1 Å².